The molecule has 2 heteroatoms. The van der Waals surface area contributed by atoms with Gasteiger partial charge in [0.15, 0.2) is 0 Å². The molecule has 2 nitrogen and oxygen atoms in total. The molecule has 1 rings (SSSR count). The second-order valence-corrected chi connectivity index (χ2v) is 15.2. The van der Waals surface area contributed by atoms with Crippen molar-refractivity contribution in [3.63, 3.8) is 0 Å². The first-order valence-electron chi connectivity index (χ1n) is 21.9. The predicted octanol–water partition coefficient (Wildman–Crippen LogP) is 15.0. The molecule has 0 N–H and O–H groups in total. The van der Waals surface area contributed by atoms with E-state index in [2.05, 4.69) is 42.3 Å². The number of rotatable bonds is 38. The standard InChI is InChI=1S/C44H87N2/c1-4-7-10-13-16-18-20-22-23-24-26-28-30-33-36-39-44-45(40-37-34-31-15-12-9-6-3)42-43-46(44)41-38-35-32-29-27-25-21-19-17-14-11-8-5-2/h42-43H,4-41H2,1-3H3/q+1. The molecular weight excluding hydrogens is 556 g/mol. The number of imidazole rings is 1. The maximum absolute atomic E-state index is 2.64. The highest BCUT2D eigenvalue weighted by atomic mass is 15.1. The van der Waals surface area contributed by atoms with Gasteiger partial charge in [0.1, 0.15) is 12.4 Å². The molecule has 0 aromatic carbocycles. The number of hydrogen-bond acceptors (Lipinski definition) is 0. The fourth-order valence-corrected chi connectivity index (χ4v) is 7.39. The Morgan fingerprint density at radius 1 is 0.370 bits per heavy atom. The van der Waals surface area contributed by atoms with Gasteiger partial charge in [0, 0.05) is 6.42 Å². The molecule has 0 fully saturated rings. The molecule has 1 aromatic heterocycles. The first-order chi connectivity index (χ1) is 22.8. The van der Waals surface area contributed by atoms with Gasteiger partial charge in [-0.1, -0.05) is 213 Å². The van der Waals surface area contributed by atoms with Crippen molar-refractivity contribution in [1.82, 2.24) is 4.57 Å². The van der Waals surface area contributed by atoms with E-state index in [0.29, 0.717) is 0 Å². The quantitative estimate of drug-likeness (QED) is 0.0501. The smallest absolute Gasteiger partial charge is 0.234 e. The lowest BCUT2D eigenvalue weighted by Crippen LogP contribution is -2.37. The van der Waals surface area contributed by atoms with Crippen molar-refractivity contribution in [2.24, 2.45) is 0 Å². The van der Waals surface area contributed by atoms with Gasteiger partial charge in [-0.05, 0) is 32.1 Å². The Labute approximate surface area is 291 Å². The Bertz CT molecular complexity index is 707. The van der Waals surface area contributed by atoms with Gasteiger partial charge in [0.05, 0.1) is 13.1 Å². The molecule has 0 saturated heterocycles. The van der Waals surface area contributed by atoms with E-state index in [1.54, 1.807) is 5.82 Å². The van der Waals surface area contributed by atoms with Crippen LogP contribution in [0.3, 0.4) is 0 Å². The average Bonchev–Trinajstić information content (AvgIpc) is 3.45. The highest BCUT2D eigenvalue weighted by molar-refractivity contribution is 4.84. The third kappa shape index (κ3) is 27.2. The molecule has 0 bridgehead atoms. The van der Waals surface area contributed by atoms with Crippen LogP contribution in [-0.2, 0) is 19.5 Å². The maximum Gasteiger partial charge on any atom is 0.256 e. The number of aromatic nitrogens is 2. The van der Waals surface area contributed by atoms with Gasteiger partial charge >= 0.3 is 0 Å². The van der Waals surface area contributed by atoms with Gasteiger partial charge in [0.2, 0.25) is 0 Å². The second-order valence-electron chi connectivity index (χ2n) is 15.2. The molecule has 272 valence electrons. The van der Waals surface area contributed by atoms with Gasteiger partial charge in [-0.3, -0.25) is 0 Å². The molecule has 0 aliphatic rings. The van der Waals surface area contributed by atoms with Crippen LogP contribution in [-0.4, -0.2) is 4.57 Å². The van der Waals surface area contributed by atoms with E-state index in [9.17, 15) is 0 Å². The third-order valence-electron chi connectivity index (χ3n) is 10.6. The fraction of sp³-hybridized carbons (Fsp3) is 0.932. The summed E-state index contributed by atoms with van der Waals surface area (Å²) >= 11 is 0. The van der Waals surface area contributed by atoms with Crippen LogP contribution in [0.25, 0.3) is 0 Å². The summed E-state index contributed by atoms with van der Waals surface area (Å²) in [6, 6.07) is 0. The zero-order valence-corrected chi connectivity index (χ0v) is 32.4. The SMILES string of the molecule is CCCCCCCCCCCCCCCCCc1n(CCCCCCCCCCCCCCC)cc[n+]1CCCCCCCCC. The average molecular weight is 644 g/mol. The van der Waals surface area contributed by atoms with Crippen molar-refractivity contribution in [2.75, 3.05) is 0 Å². The first kappa shape index (κ1) is 43.2. The van der Waals surface area contributed by atoms with Crippen LogP contribution in [0.1, 0.15) is 251 Å². The molecule has 0 aliphatic heterocycles. The lowest BCUT2D eigenvalue weighted by molar-refractivity contribution is -0.704. The highest BCUT2D eigenvalue weighted by Gasteiger charge is 2.16. The Hall–Kier alpha value is -0.790. The number of unbranched alkanes of at least 4 members (excludes halogenated alkanes) is 32. The second kappa shape index (κ2) is 35.5. The van der Waals surface area contributed by atoms with Crippen LogP contribution < -0.4 is 4.57 Å². The molecule has 0 atom stereocenters. The first-order valence-corrected chi connectivity index (χ1v) is 21.9. The van der Waals surface area contributed by atoms with Gasteiger partial charge < -0.3 is 0 Å². The van der Waals surface area contributed by atoms with E-state index in [1.165, 1.54) is 244 Å². The molecule has 1 aromatic rings. The zero-order valence-electron chi connectivity index (χ0n) is 32.4. The van der Waals surface area contributed by atoms with Crippen molar-refractivity contribution in [3.8, 4) is 0 Å². The van der Waals surface area contributed by atoms with E-state index in [4.69, 9.17) is 0 Å². The van der Waals surface area contributed by atoms with Crippen LogP contribution in [0.2, 0.25) is 0 Å². The molecule has 0 aliphatic carbocycles. The monoisotopic (exact) mass is 644 g/mol. The van der Waals surface area contributed by atoms with Gasteiger partial charge in [0.25, 0.3) is 5.82 Å². The summed E-state index contributed by atoms with van der Waals surface area (Å²) in [4.78, 5) is 0. The lowest BCUT2D eigenvalue weighted by Gasteiger charge is -2.07. The van der Waals surface area contributed by atoms with Crippen LogP contribution in [0.5, 0.6) is 0 Å². The Balaban J connectivity index is 2.23. The van der Waals surface area contributed by atoms with E-state index in [1.807, 2.05) is 0 Å². The molecular formula is C44H87N2+. The molecule has 0 amide bonds. The summed E-state index contributed by atoms with van der Waals surface area (Å²) < 4.78 is 5.28. The van der Waals surface area contributed by atoms with E-state index < -0.39 is 0 Å². The van der Waals surface area contributed by atoms with Crippen LogP contribution in [0.15, 0.2) is 12.4 Å². The van der Waals surface area contributed by atoms with Crippen molar-refractivity contribution in [3.05, 3.63) is 18.2 Å². The lowest BCUT2D eigenvalue weighted by atomic mass is 10.0. The number of aryl methyl sites for hydroxylation is 2. The number of hydrogen-bond donors (Lipinski definition) is 0. The summed E-state index contributed by atoms with van der Waals surface area (Å²) in [5.41, 5.74) is 0. The Morgan fingerprint density at radius 3 is 1.04 bits per heavy atom. The fourth-order valence-electron chi connectivity index (χ4n) is 7.39. The van der Waals surface area contributed by atoms with Crippen molar-refractivity contribution in [2.45, 2.75) is 265 Å². The maximum atomic E-state index is 2.64. The summed E-state index contributed by atoms with van der Waals surface area (Å²) in [6.45, 7) is 9.41. The van der Waals surface area contributed by atoms with E-state index in [0.717, 1.165) is 0 Å². The summed E-state index contributed by atoms with van der Waals surface area (Å²) in [6.07, 6.45) is 56.4. The highest BCUT2D eigenvalue weighted by Crippen LogP contribution is 2.16. The van der Waals surface area contributed by atoms with Crippen LogP contribution in [0.4, 0.5) is 0 Å². The van der Waals surface area contributed by atoms with Gasteiger partial charge in [-0.25, -0.2) is 9.13 Å². The summed E-state index contributed by atoms with van der Waals surface area (Å²) in [5.74, 6) is 1.62. The molecule has 0 unspecified atom stereocenters. The minimum Gasteiger partial charge on any atom is -0.234 e. The van der Waals surface area contributed by atoms with E-state index >= 15 is 0 Å². The molecule has 0 saturated carbocycles. The summed E-state index contributed by atoms with van der Waals surface area (Å²) in [7, 11) is 0. The van der Waals surface area contributed by atoms with Crippen molar-refractivity contribution in [1.29, 1.82) is 0 Å². The normalized spacial score (nSPS) is 11.6. The molecule has 0 radical (unpaired) electrons. The topological polar surface area (TPSA) is 8.81 Å². The number of nitrogens with zero attached hydrogens (tertiary/aromatic N) is 2. The minimum atomic E-state index is 1.23. The van der Waals surface area contributed by atoms with Crippen LogP contribution >= 0.6 is 0 Å². The van der Waals surface area contributed by atoms with Crippen molar-refractivity contribution >= 4 is 0 Å². The zero-order chi connectivity index (χ0) is 33.0. The largest absolute Gasteiger partial charge is 0.256 e. The molecule has 46 heavy (non-hydrogen) atoms. The van der Waals surface area contributed by atoms with Gasteiger partial charge in [-0.2, -0.15) is 0 Å². The van der Waals surface area contributed by atoms with Gasteiger partial charge in [-0.15, -0.1) is 0 Å². The Kier molecular flexibility index (Phi) is 33.4. The third-order valence-corrected chi connectivity index (χ3v) is 10.6. The molecule has 1 heterocycles. The molecule has 0 spiro atoms. The van der Waals surface area contributed by atoms with E-state index in [-0.39, 0.29) is 0 Å². The predicted molar refractivity (Wildman–Crippen MR) is 207 cm³/mol. The van der Waals surface area contributed by atoms with Crippen molar-refractivity contribution < 1.29 is 4.57 Å². The minimum absolute atomic E-state index is 1.23. The van der Waals surface area contributed by atoms with Crippen LogP contribution in [0, 0.1) is 0 Å². The summed E-state index contributed by atoms with van der Waals surface area (Å²) in [5, 5.41) is 0. The Morgan fingerprint density at radius 2 is 0.674 bits per heavy atom.